The SMILES string of the molecule is COC(=O)[C@H]1C/C(=C(/[O-])OC)C(C)([P+](c2ccccc2)(c2ccccc2)c2ccccc2)[C@@H]1C(=O)OC. The summed E-state index contributed by atoms with van der Waals surface area (Å²) in [6.07, 6.45) is 0.0316. The van der Waals surface area contributed by atoms with E-state index in [4.69, 9.17) is 14.2 Å². The Balaban J connectivity index is 2.25. The van der Waals surface area contributed by atoms with E-state index in [1.54, 1.807) is 0 Å². The zero-order valence-electron chi connectivity index (χ0n) is 21.4. The van der Waals surface area contributed by atoms with Gasteiger partial charge in [-0.25, -0.2) is 0 Å². The van der Waals surface area contributed by atoms with Crippen LogP contribution in [0.4, 0.5) is 0 Å². The highest BCUT2D eigenvalue weighted by Crippen LogP contribution is 2.75. The van der Waals surface area contributed by atoms with Gasteiger partial charge in [0.1, 0.15) is 34.3 Å². The molecule has 0 bridgehead atoms. The van der Waals surface area contributed by atoms with E-state index < -0.39 is 42.1 Å². The predicted molar refractivity (Wildman–Crippen MR) is 143 cm³/mol. The monoisotopic (exact) mass is 518 g/mol. The molecule has 0 aromatic heterocycles. The number of esters is 2. The second kappa shape index (κ2) is 10.8. The van der Waals surface area contributed by atoms with Gasteiger partial charge in [-0.15, -0.1) is 0 Å². The molecule has 0 heterocycles. The van der Waals surface area contributed by atoms with E-state index in [9.17, 15) is 14.7 Å². The molecule has 37 heavy (non-hydrogen) atoms. The molecule has 1 saturated carbocycles. The Labute approximate surface area is 218 Å². The van der Waals surface area contributed by atoms with Crippen LogP contribution in [0.1, 0.15) is 13.3 Å². The van der Waals surface area contributed by atoms with Gasteiger partial charge in [0.2, 0.25) is 0 Å². The van der Waals surface area contributed by atoms with Crippen molar-refractivity contribution in [1.29, 1.82) is 0 Å². The van der Waals surface area contributed by atoms with Gasteiger partial charge in [-0.3, -0.25) is 9.59 Å². The third-order valence-corrected chi connectivity index (χ3v) is 12.7. The van der Waals surface area contributed by atoms with E-state index in [2.05, 4.69) is 0 Å². The summed E-state index contributed by atoms with van der Waals surface area (Å²) >= 11 is 0. The normalized spacial score (nSPS) is 22.7. The van der Waals surface area contributed by atoms with Crippen LogP contribution in [0, 0.1) is 11.8 Å². The molecular formula is C30H31O6P. The Bertz CT molecular complexity index is 1180. The maximum Gasteiger partial charge on any atom is 0.314 e. The van der Waals surface area contributed by atoms with Gasteiger partial charge in [-0.2, -0.15) is 0 Å². The molecule has 0 N–H and O–H groups in total. The minimum Gasteiger partial charge on any atom is -0.616 e. The van der Waals surface area contributed by atoms with Crippen molar-refractivity contribution in [1.82, 2.24) is 0 Å². The lowest BCUT2D eigenvalue weighted by atomic mass is 9.89. The third kappa shape index (κ3) is 4.10. The number of allylic oxidation sites excluding steroid dienone is 1. The first-order valence-corrected chi connectivity index (χ1v) is 13.8. The maximum atomic E-state index is 13.7. The minimum absolute atomic E-state index is 0.0316. The largest absolute Gasteiger partial charge is 0.616 e. The molecule has 0 aliphatic heterocycles. The summed E-state index contributed by atoms with van der Waals surface area (Å²) in [5, 5.41) is 15.3. The number of hydrogen-bond acceptors (Lipinski definition) is 6. The summed E-state index contributed by atoms with van der Waals surface area (Å²) in [5.41, 5.74) is 0.380. The minimum atomic E-state index is -2.89. The molecule has 3 atom stereocenters. The molecule has 4 rings (SSSR count). The summed E-state index contributed by atoms with van der Waals surface area (Å²) in [7, 11) is 1.02. The average molecular weight is 519 g/mol. The molecule has 3 aromatic rings. The quantitative estimate of drug-likeness (QED) is 0.272. The van der Waals surface area contributed by atoms with Crippen LogP contribution in [0.3, 0.4) is 0 Å². The van der Waals surface area contributed by atoms with E-state index in [0.717, 1.165) is 15.9 Å². The van der Waals surface area contributed by atoms with E-state index in [1.807, 2.05) is 97.9 Å². The fourth-order valence-electron chi connectivity index (χ4n) is 6.05. The molecule has 1 aliphatic carbocycles. The number of rotatable bonds is 7. The van der Waals surface area contributed by atoms with E-state index >= 15 is 0 Å². The van der Waals surface area contributed by atoms with Gasteiger partial charge in [-0.1, -0.05) is 54.6 Å². The van der Waals surface area contributed by atoms with Crippen LogP contribution >= 0.6 is 7.26 Å². The number of hydrogen-bond donors (Lipinski definition) is 0. The van der Waals surface area contributed by atoms with Crippen molar-refractivity contribution in [3.8, 4) is 0 Å². The topological polar surface area (TPSA) is 84.9 Å². The zero-order chi connectivity index (χ0) is 26.6. The van der Waals surface area contributed by atoms with Crippen molar-refractivity contribution in [3.05, 3.63) is 103 Å². The Hall–Kier alpha value is -3.63. The number of benzene rings is 3. The van der Waals surface area contributed by atoms with Crippen LogP contribution in [0.15, 0.2) is 103 Å². The molecule has 7 heteroatoms. The van der Waals surface area contributed by atoms with Crippen LogP contribution in [0.5, 0.6) is 0 Å². The molecule has 6 nitrogen and oxygen atoms in total. The van der Waals surface area contributed by atoms with Crippen LogP contribution < -0.4 is 21.0 Å². The van der Waals surface area contributed by atoms with Gasteiger partial charge in [0.05, 0.1) is 26.1 Å². The first kappa shape index (κ1) is 26.4. The number of carbonyl (C=O) groups is 2. The van der Waals surface area contributed by atoms with Gasteiger partial charge in [0.15, 0.2) is 0 Å². The van der Waals surface area contributed by atoms with Crippen molar-refractivity contribution in [3.63, 3.8) is 0 Å². The van der Waals surface area contributed by atoms with E-state index in [1.165, 1.54) is 21.3 Å². The lowest BCUT2D eigenvalue weighted by Crippen LogP contribution is -2.53. The summed E-state index contributed by atoms with van der Waals surface area (Å²) in [5.74, 6) is -3.58. The van der Waals surface area contributed by atoms with Crippen LogP contribution in [-0.2, 0) is 23.8 Å². The standard InChI is InChI=1S/C30H31O6P/c1-30(25(28(32)35-3)20-24(27(31)34-2)26(30)29(33)36-4)37(21-14-8-5-9-15-21,22-16-10-6-11-17-22)23-18-12-7-13-19-23/h5-19,24,26H,20H2,1-4H3/b28-25+/t24-,26-,30?/m0/s1. The molecule has 1 aliphatic rings. The molecule has 0 amide bonds. The van der Waals surface area contributed by atoms with E-state index in [-0.39, 0.29) is 6.42 Å². The van der Waals surface area contributed by atoms with Gasteiger partial charge in [0, 0.05) is 0 Å². The van der Waals surface area contributed by atoms with Crippen molar-refractivity contribution in [2.45, 2.75) is 18.5 Å². The van der Waals surface area contributed by atoms with Crippen LogP contribution in [0.2, 0.25) is 0 Å². The molecule has 0 saturated heterocycles. The van der Waals surface area contributed by atoms with Crippen LogP contribution in [-0.4, -0.2) is 38.4 Å². The Morgan fingerprint density at radius 3 is 1.49 bits per heavy atom. The third-order valence-electron chi connectivity index (χ3n) is 7.56. The van der Waals surface area contributed by atoms with Gasteiger partial charge in [-0.05, 0) is 62.4 Å². The molecule has 0 radical (unpaired) electrons. The summed E-state index contributed by atoms with van der Waals surface area (Å²) in [6.45, 7) is 1.92. The number of methoxy groups -OCH3 is 3. The number of ether oxygens (including phenoxy) is 3. The number of carbonyl (C=O) groups excluding carboxylic acids is 2. The molecule has 3 aromatic carbocycles. The van der Waals surface area contributed by atoms with Crippen molar-refractivity contribution in [2.24, 2.45) is 11.8 Å². The highest BCUT2D eigenvalue weighted by atomic mass is 31.2. The average Bonchev–Trinajstić information content (AvgIpc) is 3.27. The van der Waals surface area contributed by atoms with Crippen molar-refractivity contribution in [2.75, 3.05) is 21.3 Å². The smallest absolute Gasteiger partial charge is 0.314 e. The lowest BCUT2D eigenvalue weighted by Gasteiger charge is -2.45. The van der Waals surface area contributed by atoms with Gasteiger partial charge in [0.25, 0.3) is 0 Å². The van der Waals surface area contributed by atoms with Gasteiger partial charge < -0.3 is 19.3 Å². The van der Waals surface area contributed by atoms with Crippen molar-refractivity contribution >= 4 is 35.1 Å². The second-order valence-corrected chi connectivity index (χ2v) is 12.9. The zero-order valence-corrected chi connectivity index (χ0v) is 22.3. The first-order valence-electron chi connectivity index (χ1n) is 12.0. The fourth-order valence-corrected chi connectivity index (χ4v) is 11.7. The van der Waals surface area contributed by atoms with Gasteiger partial charge >= 0.3 is 11.9 Å². The second-order valence-electron chi connectivity index (χ2n) is 9.13. The molecule has 0 spiro atoms. The predicted octanol–water partition coefficient (Wildman–Crippen LogP) is 2.94. The summed E-state index contributed by atoms with van der Waals surface area (Å²) < 4.78 is 15.8. The Morgan fingerprint density at radius 2 is 1.14 bits per heavy atom. The fraction of sp³-hybridized carbons (Fsp3) is 0.267. The Kier molecular flexibility index (Phi) is 7.70. The lowest BCUT2D eigenvalue weighted by molar-refractivity contribution is -0.355. The highest BCUT2D eigenvalue weighted by molar-refractivity contribution is 7.97. The molecule has 1 fully saturated rings. The summed E-state index contributed by atoms with van der Waals surface area (Å²) in [4.78, 5) is 26.8. The molecular weight excluding hydrogens is 487 g/mol. The van der Waals surface area contributed by atoms with E-state index in [0.29, 0.717) is 5.57 Å². The summed E-state index contributed by atoms with van der Waals surface area (Å²) in [6, 6.07) is 29.8. The molecule has 1 unspecified atom stereocenters. The molecule has 192 valence electrons. The van der Waals surface area contributed by atoms with Crippen LogP contribution in [0.25, 0.3) is 0 Å². The first-order chi connectivity index (χ1) is 17.9. The van der Waals surface area contributed by atoms with Crippen molar-refractivity contribution < 1.29 is 28.9 Å². The maximum absolute atomic E-state index is 13.7. The Morgan fingerprint density at radius 1 is 0.730 bits per heavy atom. The highest BCUT2D eigenvalue weighted by Gasteiger charge is 2.72.